The van der Waals surface area contributed by atoms with E-state index in [1.54, 1.807) is 0 Å². The van der Waals surface area contributed by atoms with Gasteiger partial charge in [-0.3, -0.25) is 4.79 Å². The number of azo groups is 1. The van der Waals surface area contributed by atoms with Gasteiger partial charge in [0, 0.05) is 16.0 Å². The molecule has 2 aliphatic rings. The van der Waals surface area contributed by atoms with Gasteiger partial charge in [0.25, 0.3) is 0 Å². The zero-order valence-electron chi connectivity index (χ0n) is 12.0. The van der Waals surface area contributed by atoms with Gasteiger partial charge in [0.05, 0.1) is 6.54 Å². The molecule has 0 N–H and O–H groups in total. The summed E-state index contributed by atoms with van der Waals surface area (Å²) < 4.78 is 1.04. The summed E-state index contributed by atoms with van der Waals surface area (Å²) in [6.45, 7) is 0.593. The van der Waals surface area contributed by atoms with Gasteiger partial charge in [0.1, 0.15) is 0 Å². The maximum absolute atomic E-state index is 13.1. The Kier molecular flexibility index (Phi) is 3.22. The van der Waals surface area contributed by atoms with Crippen LogP contribution in [-0.4, -0.2) is 17.9 Å². The number of carbonyl (C=O) groups excluding carboxylic acids is 1. The second-order valence-corrected chi connectivity index (χ2v) is 6.85. The lowest BCUT2D eigenvalue weighted by Gasteiger charge is -2.34. The third-order valence-electron chi connectivity index (χ3n) is 4.79. The molecule has 0 amide bonds. The minimum atomic E-state index is -0.706. The number of ketones is 1. The predicted octanol–water partition coefficient (Wildman–Crippen LogP) is 4.57. The second kappa shape index (κ2) is 5.13. The number of benzene rings is 2. The number of fused-ring (bicyclic) bond motifs is 1. The Labute approximate surface area is 137 Å². The summed E-state index contributed by atoms with van der Waals surface area (Å²) in [6, 6.07) is 16.1. The first-order valence-corrected chi connectivity index (χ1v) is 8.27. The van der Waals surface area contributed by atoms with E-state index in [1.165, 1.54) is 0 Å². The molecule has 0 saturated heterocycles. The maximum Gasteiger partial charge on any atom is 0.193 e. The van der Waals surface area contributed by atoms with Crippen molar-refractivity contribution in [2.75, 3.05) is 6.54 Å². The van der Waals surface area contributed by atoms with Gasteiger partial charge >= 0.3 is 0 Å². The monoisotopic (exact) mass is 354 g/mol. The summed E-state index contributed by atoms with van der Waals surface area (Å²) in [5.74, 6) is 0.171. The fourth-order valence-electron chi connectivity index (χ4n) is 3.61. The molecule has 1 spiro atoms. The van der Waals surface area contributed by atoms with Crippen LogP contribution in [0.3, 0.4) is 0 Å². The normalized spacial score (nSPS) is 26.4. The van der Waals surface area contributed by atoms with Crippen LogP contribution in [0.25, 0.3) is 0 Å². The Morgan fingerprint density at radius 3 is 2.68 bits per heavy atom. The Balaban J connectivity index is 1.78. The zero-order valence-corrected chi connectivity index (χ0v) is 13.6. The van der Waals surface area contributed by atoms with Gasteiger partial charge < -0.3 is 0 Å². The summed E-state index contributed by atoms with van der Waals surface area (Å²) >= 11 is 3.46. The van der Waals surface area contributed by atoms with Crippen molar-refractivity contribution in [3.8, 4) is 0 Å². The predicted molar refractivity (Wildman–Crippen MR) is 88.4 cm³/mol. The lowest BCUT2D eigenvalue weighted by molar-refractivity contribution is 0.0853. The molecule has 2 aromatic carbocycles. The molecule has 1 aliphatic heterocycles. The number of nitrogens with zero attached hydrogens (tertiary/aromatic N) is 2. The molecule has 1 heterocycles. The minimum absolute atomic E-state index is 0.0430. The molecule has 0 bridgehead atoms. The van der Waals surface area contributed by atoms with Crippen LogP contribution in [0.2, 0.25) is 0 Å². The molecule has 0 aromatic heterocycles. The molecule has 1 aliphatic carbocycles. The number of hydrogen-bond acceptors (Lipinski definition) is 3. The standard InChI is InChI=1S/C18H15BrN2O/c19-14-7-5-13(6-8-14)16-11-20-21-18(16)10-9-12-3-1-2-4-15(12)17(18)22/h1-8,16H,9-11H2/t16-,18+/m1/s1. The number of hydrogen-bond donors (Lipinski definition) is 0. The summed E-state index contributed by atoms with van der Waals surface area (Å²) in [6.07, 6.45) is 1.63. The van der Waals surface area contributed by atoms with Crippen molar-refractivity contribution in [1.82, 2.24) is 0 Å². The summed E-state index contributed by atoms with van der Waals surface area (Å²) in [7, 11) is 0. The lowest BCUT2D eigenvalue weighted by atomic mass is 9.68. The van der Waals surface area contributed by atoms with Crippen molar-refractivity contribution >= 4 is 21.7 Å². The highest BCUT2D eigenvalue weighted by molar-refractivity contribution is 9.10. The molecule has 0 radical (unpaired) electrons. The first-order valence-electron chi connectivity index (χ1n) is 7.47. The van der Waals surface area contributed by atoms with Crippen LogP contribution in [0, 0.1) is 0 Å². The average Bonchev–Trinajstić information content (AvgIpc) is 2.97. The molecule has 4 heteroatoms. The van der Waals surface area contributed by atoms with Crippen LogP contribution in [0.4, 0.5) is 0 Å². The molecule has 2 atom stereocenters. The maximum atomic E-state index is 13.1. The first-order chi connectivity index (χ1) is 10.7. The van der Waals surface area contributed by atoms with Crippen LogP contribution in [0.15, 0.2) is 63.2 Å². The molecule has 22 heavy (non-hydrogen) atoms. The van der Waals surface area contributed by atoms with Crippen LogP contribution in [0.1, 0.15) is 33.8 Å². The van der Waals surface area contributed by atoms with E-state index in [-0.39, 0.29) is 11.7 Å². The average molecular weight is 355 g/mol. The number of Topliss-reactive ketones (excluding diaryl/α,β-unsaturated/α-hetero) is 1. The third-order valence-corrected chi connectivity index (χ3v) is 5.32. The smallest absolute Gasteiger partial charge is 0.193 e. The summed E-state index contributed by atoms with van der Waals surface area (Å²) in [5, 5.41) is 8.71. The molecular formula is C18H15BrN2O. The van der Waals surface area contributed by atoms with Crippen LogP contribution in [-0.2, 0) is 6.42 Å². The molecular weight excluding hydrogens is 340 g/mol. The lowest BCUT2D eigenvalue weighted by Crippen LogP contribution is -2.44. The van der Waals surface area contributed by atoms with Crippen molar-refractivity contribution in [3.63, 3.8) is 0 Å². The van der Waals surface area contributed by atoms with Gasteiger partial charge in [0.15, 0.2) is 11.3 Å². The molecule has 2 aromatic rings. The highest BCUT2D eigenvalue weighted by atomic mass is 79.9. The van der Waals surface area contributed by atoms with Gasteiger partial charge in [-0.05, 0) is 36.1 Å². The Morgan fingerprint density at radius 1 is 1.09 bits per heavy atom. The Hall–Kier alpha value is -1.81. The van der Waals surface area contributed by atoms with Crippen molar-refractivity contribution in [2.24, 2.45) is 10.2 Å². The van der Waals surface area contributed by atoms with Gasteiger partial charge in [0.2, 0.25) is 0 Å². The van der Waals surface area contributed by atoms with Crippen molar-refractivity contribution in [2.45, 2.75) is 24.3 Å². The van der Waals surface area contributed by atoms with Crippen LogP contribution >= 0.6 is 15.9 Å². The van der Waals surface area contributed by atoms with Crippen molar-refractivity contribution < 1.29 is 4.79 Å². The van der Waals surface area contributed by atoms with Crippen molar-refractivity contribution in [1.29, 1.82) is 0 Å². The number of rotatable bonds is 1. The fourth-order valence-corrected chi connectivity index (χ4v) is 3.87. The molecule has 0 unspecified atom stereocenters. The molecule has 4 rings (SSSR count). The van der Waals surface area contributed by atoms with E-state index in [0.717, 1.165) is 34.0 Å². The molecule has 110 valence electrons. The quantitative estimate of drug-likeness (QED) is 0.739. The minimum Gasteiger partial charge on any atom is -0.291 e. The van der Waals surface area contributed by atoms with E-state index in [4.69, 9.17) is 0 Å². The topological polar surface area (TPSA) is 41.8 Å². The second-order valence-electron chi connectivity index (χ2n) is 5.94. The van der Waals surface area contributed by atoms with Crippen LogP contribution < -0.4 is 0 Å². The first kappa shape index (κ1) is 13.8. The van der Waals surface area contributed by atoms with E-state index >= 15 is 0 Å². The van der Waals surface area contributed by atoms with E-state index in [1.807, 2.05) is 36.4 Å². The Bertz CT molecular complexity index is 769. The van der Waals surface area contributed by atoms with Crippen LogP contribution in [0.5, 0.6) is 0 Å². The highest BCUT2D eigenvalue weighted by Gasteiger charge is 2.51. The van der Waals surface area contributed by atoms with E-state index in [9.17, 15) is 4.79 Å². The number of aryl methyl sites for hydroxylation is 1. The SMILES string of the molecule is O=C1c2ccccc2CC[C@@]12N=NC[C@@H]2c1ccc(Br)cc1. The van der Waals surface area contributed by atoms with E-state index < -0.39 is 5.54 Å². The van der Waals surface area contributed by atoms with Crippen molar-refractivity contribution in [3.05, 3.63) is 69.7 Å². The Morgan fingerprint density at radius 2 is 1.86 bits per heavy atom. The number of carbonyl (C=O) groups is 1. The molecule has 3 nitrogen and oxygen atoms in total. The van der Waals surface area contributed by atoms with Gasteiger partial charge in [-0.25, -0.2) is 0 Å². The summed E-state index contributed by atoms with van der Waals surface area (Å²) in [4.78, 5) is 13.1. The third kappa shape index (κ3) is 1.97. The fraction of sp³-hybridized carbons (Fsp3) is 0.278. The summed E-state index contributed by atoms with van der Waals surface area (Å²) in [5.41, 5.74) is 2.38. The highest BCUT2D eigenvalue weighted by Crippen LogP contribution is 2.45. The largest absolute Gasteiger partial charge is 0.291 e. The number of halogens is 1. The van der Waals surface area contributed by atoms with Gasteiger partial charge in [-0.2, -0.15) is 10.2 Å². The zero-order chi connectivity index (χ0) is 15.2. The van der Waals surface area contributed by atoms with E-state index in [0.29, 0.717) is 6.54 Å². The van der Waals surface area contributed by atoms with E-state index in [2.05, 4.69) is 38.3 Å². The van der Waals surface area contributed by atoms with Gasteiger partial charge in [-0.15, -0.1) is 0 Å². The van der Waals surface area contributed by atoms with Gasteiger partial charge in [-0.1, -0.05) is 52.3 Å². The molecule has 0 fully saturated rings. The molecule has 0 saturated carbocycles.